The third-order valence-electron chi connectivity index (χ3n) is 5.55. The van der Waals surface area contributed by atoms with E-state index in [1.807, 2.05) is 0 Å². The Kier molecular flexibility index (Phi) is 7.34. The minimum atomic E-state index is -0.637. The number of halogens is 2. The average molecular weight is 484 g/mol. The van der Waals surface area contributed by atoms with Crippen LogP contribution in [0.5, 0.6) is 0 Å². The van der Waals surface area contributed by atoms with Crippen LogP contribution in [0.1, 0.15) is 33.6 Å². The molecule has 1 fully saturated rings. The van der Waals surface area contributed by atoms with Crippen molar-refractivity contribution in [3.8, 4) is 0 Å². The first-order valence-corrected chi connectivity index (χ1v) is 11.2. The number of carbonyl (C=O) groups is 2. The summed E-state index contributed by atoms with van der Waals surface area (Å²) in [5.74, 6) is -0.577. The van der Waals surface area contributed by atoms with Gasteiger partial charge in [0.1, 0.15) is 17.5 Å². The molecule has 3 aromatic rings. The van der Waals surface area contributed by atoms with Gasteiger partial charge in [-0.05, 0) is 61.2 Å². The van der Waals surface area contributed by atoms with Gasteiger partial charge in [0.15, 0.2) is 0 Å². The van der Waals surface area contributed by atoms with E-state index in [9.17, 15) is 19.1 Å². The fourth-order valence-electron chi connectivity index (χ4n) is 3.77. The Morgan fingerprint density at radius 1 is 1.09 bits per heavy atom. The minimum Gasteiger partial charge on any atom is -0.396 e. The highest BCUT2D eigenvalue weighted by atomic mass is 35.5. The maximum absolute atomic E-state index is 13.9. The molecule has 4 rings (SSSR count). The molecule has 176 valence electrons. The lowest BCUT2D eigenvalue weighted by atomic mass is 9.99. The predicted molar refractivity (Wildman–Crippen MR) is 128 cm³/mol. The molecule has 1 aliphatic heterocycles. The molecule has 1 unspecified atom stereocenters. The lowest BCUT2D eigenvalue weighted by molar-refractivity contribution is 0.102. The fraction of sp³-hybridized carbons (Fsp3) is 0.250. The first kappa shape index (κ1) is 23.6. The summed E-state index contributed by atoms with van der Waals surface area (Å²) in [4.78, 5) is 36.0. The highest BCUT2D eigenvalue weighted by Crippen LogP contribution is 2.23. The molecular formula is C24H23ClFN5O3. The van der Waals surface area contributed by atoms with Gasteiger partial charge in [0.25, 0.3) is 11.8 Å². The third-order valence-corrected chi connectivity index (χ3v) is 5.78. The number of aromatic nitrogens is 2. The van der Waals surface area contributed by atoms with Crippen LogP contribution in [0, 0.1) is 11.7 Å². The largest absolute Gasteiger partial charge is 0.396 e. The predicted octanol–water partition coefficient (Wildman–Crippen LogP) is 3.98. The molecule has 2 amide bonds. The Morgan fingerprint density at radius 2 is 1.94 bits per heavy atom. The summed E-state index contributed by atoms with van der Waals surface area (Å²) < 4.78 is 13.9. The van der Waals surface area contributed by atoms with Crippen molar-refractivity contribution in [3.63, 3.8) is 0 Å². The number of aliphatic hydroxyl groups is 1. The van der Waals surface area contributed by atoms with Gasteiger partial charge in [0.2, 0.25) is 0 Å². The summed E-state index contributed by atoms with van der Waals surface area (Å²) in [7, 11) is 0. The molecule has 10 heteroatoms. The monoisotopic (exact) mass is 483 g/mol. The van der Waals surface area contributed by atoms with Crippen LogP contribution in [-0.4, -0.2) is 46.6 Å². The summed E-state index contributed by atoms with van der Waals surface area (Å²) in [6.07, 6.45) is 4.77. The van der Waals surface area contributed by atoms with Gasteiger partial charge in [-0.3, -0.25) is 9.59 Å². The number of pyridine rings is 2. The Bertz CT molecular complexity index is 1170. The molecule has 2 aromatic heterocycles. The number of hydrogen-bond donors (Lipinski definition) is 3. The molecule has 1 atom stereocenters. The van der Waals surface area contributed by atoms with E-state index in [1.165, 1.54) is 24.5 Å². The first-order chi connectivity index (χ1) is 16.4. The Labute approximate surface area is 200 Å². The number of amides is 2. The number of hydrogen-bond acceptors (Lipinski definition) is 6. The number of nitrogens with zero attached hydrogens (tertiary/aromatic N) is 3. The van der Waals surface area contributed by atoms with Crippen molar-refractivity contribution in [3.05, 3.63) is 76.8 Å². The second-order valence-corrected chi connectivity index (χ2v) is 8.44. The number of aliphatic hydroxyl groups excluding tert-OH is 1. The van der Waals surface area contributed by atoms with Crippen LogP contribution in [0.2, 0.25) is 5.02 Å². The van der Waals surface area contributed by atoms with Gasteiger partial charge in [-0.2, -0.15) is 0 Å². The second kappa shape index (κ2) is 10.6. The van der Waals surface area contributed by atoms with E-state index >= 15 is 0 Å². The van der Waals surface area contributed by atoms with Crippen molar-refractivity contribution >= 4 is 40.7 Å². The average Bonchev–Trinajstić information content (AvgIpc) is 2.86. The first-order valence-electron chi connectivity index (χ1n) is 10.8. The lowest BCUT2D eigenvalue weighted by Gasteiger charge is -2.32. The normalized spacial score (nSPS) is 15.6. The maximum atomic E-state index is 13.9. The molecule has 0 spiro atoms. The smallest absolute Gasteiger partial charge is 0.259 e. The van der Waals surface area contributed by atoms with Crippen molar-refractivity contribution < 1.29 is 19.1 Å². The highest BCUT2D eigenvalue weighted by molar-refractivity contribution is 6.30. The Morgan fingerprint density at radius 3 is 2.65 bits per heavy atom. The van der Waals surface area contributed by atoms with Crippen LogP contribution in [0.25, 0.3) is 0 Å². The summed E-state index contributed by atoms with van der Waals surface area (Å²) in [6.45, 7) is 1.69. The van der Waals surface area contributed by atoms with Gasteiger partial charge in [0.05, 0.1) is 21.8 Å². The van der Waals surface area contributed by atoms with Crippen molar-refractivity contribution in [2.24, 2.45) is 5.92 Å². The van der Waals surface area contributed by atoms with E-state index in [0.717, 1.165) is 37.3 Å². The Balaban J connectivity index is 1.47. The van der Waals surface area contributed by atoms with Crippen LogP contribution in [0.3, 0.4) is 0 Å². The zero-order valence-corrected chi connectivity index (χ0v) is 18.9. The van der Waals surface area contributed by atoms with Crippen LogP contribution in [0.15, 0.2) is 54.9 Å². The molecule has 34 heavy (non-hydrogen) atoms. The molecular weight excluding hydrogens is 461 g/mol. The van der Waals surface area contributed by atoms with Crippen molar-refractivity contribution in [1.82, 2.24) is 9.97 Å². The third kappa shape index (κ3) is 5.67. The van der Waals surface area contributed by atoms with Gasteiger partial charge in [-0.25, -0.2) is 14.4 Å². The van der Waals surface area contributed by atoms with E-state index in [2.05, 4.69) is 25.5 Å². The molecule has 0 saturated carbocycles. The summed E-state index contributed by atoms with van der Waals surface area (Å²) in [6, 6.07) is 9.97. The number of nitrogens with one attached hydrogen (secondary N) is 2. The summed E-state index contributed by atoms with van der Waals surface area (Å²) in [5.41, 5.74) is 0.372. The van der Waals surface area contributed by atoms with E-state index in [4.69, 9.17) is 11.6 Å². The van der Waals surface area contributed by atoms with Crippen LogP contribution >= 0.6 is 11.6 Å². The van der Waals surface area contributed by atoms with Crippen LogP contribution in [-0.2, 0) is 0 Å². The summed E-state index contributed by atoms with van der Waals surface area (Å²) in [5, 5.41) is 15.0. The minimum absolute atomic E-state index is 0.0574. The molecule has 1 aromatic carbocycles. The Hall–Kier alpha value is -3.56. The SMILES string of the molecule is O=C(Nc1ccc(F)cc1C(=O)Nc1ccc(Cl)cn1)c1ccc(N2CCCC(CO)C2)nc1. The maximum Gasteiger partial charge on any atom is 0.259 e. The lowest BCUT2D eigenvalue weighted by Crippen LogP contribution is -2.37. The van der Waals surface area contributed by atoms with E-state index < -0.39 is 17.6 Å². The standard InChI is InChI=1S/C24H23ClFN5O3/c25-17-4-7-21(27-12-17)30-24(34)19-10-18(26)5-6-20(19)29-23(33)16-3-8-22(28-11-16)31-9-1-2-15(13-31)14-32/h3-8,10-12,15,32H,1-2,9,13-14H2,(H,29,33)(H,27,30,34). The van der Waals surface area contributed by atoms with E-state index in [0.29, 0.717) is 11.6 Å². The van der Waals surface area contributed by atoms with Gasteiger partial charge < -0.3 is 20.6 Å². The quantitative estimate of drug-likeness (QED) is 0.489. The van der Waals surface area contributed by atoms with Crippen LogP contribution < -0.4 is 15.5 Å². The molecule has 0 bridgehead atoms. The number of carbonyl (C=O) groups excluding carboxylic acids is 2. The number of benzene rings is 1. The van der Waals surface area contributed by atoms with Crippen molar-refractivity contribution in [2.45, 2.75) is 12.8 Å². The molecule has 3 N–H and O–H groups in total. The fourth-order valence-corrected chi connectivity index (χ4v) is 3.88. The van der Waals surface area contributed by atoms with Gasteiger partial charge in [-0.15, -0.1) is 0 Å². The molecule has 0 aliphatic carbocycles. The number of rotatable bonds is 6. The topological polar surface area (TPSA) is 107 Å². The molecule has 1 saturated heterocycles. The number of anilines is 3. The second-order valence-electron chi connectivity index (χ2n) is 8.00. The summed E-state index contributed by atoms with van der Waals surface area (Å²) >= 11 is 5.80. The zero-order chi connectivity index (χ0) is 24.1. The van der Waals surface area contributed by atoms with Crippen molar-refractivity contribution in [2.75, 3.05) is 35.2 Å². The van der Waals surface area contributed by atoms with Gasteiger partial charge >= 0.3 is 0 Å². The highest BCUT2D eigenvalue weighted by Gasteiger charge is 2.21. The van der Waals surface area contributed by atoms with Crippen molar-refractivity contribution in [1.29, 1.82) is 0 Å². The molecule has 1 aliphatic rings. The van der Waals surface area contributed by atoms with Gasteiger partial charge in [0, 0.05) is 32.1 Å². The van der Waals surface area contributed by atoms with E-state index in [-0.39, 0.29) is 35.2 Å². The molecule has 8 nitrogen and oxygen atoms in total. The molecule has 0 radical (unpaired) electrons. The van der Waals surface area contributed by atoms with E-state index in [1.54, 1.807) is 18.2 Å². The number of piperidine rings is 1. The van der Waals surface area contributed by atoms with Crippen LogP contribution in [0.4, 0.5) is 21.7 Å². The molecule has 3 heterocycles. The zero-order valence-electron chi connectivity index (χ0n) is 18.2. The van der Waals surface area contributed by atoms with Gasteiger partial charge in [-0.1, -0.05) is 11.6 Å².